The van der Waals surface area contributed by atoms with Crippen molar-refractivity contribution in [3.05, 3.63) is 0 Å². The second-order valence-electron chi connectivity index (χ2n) is 7.11. The Balaban J connectivity index is 4.02. The van der Waals surface area contributed by atoms with E-state index in [0.717, 1.165) is 24.9 Å². The number of hydrogen-bond donors (Lipinski definition) is 2. The van der Waals surface area contributed by atoms with Gasteiger partial charge in [-0.3, -0.25) is 0 Å². The van der Waals surface area contributed by atoms with E-state index in [-0.39, 0.29) is 13.2 Å². The van der Waals surface area contributed by atoms with Gasteiger partial charge in [-0.05, 0) is 57.7 Å². The molecule has 0 spiro atoms. The van der Waals surface area contributed by atoms with Crippen LogP contribution in [0.4, 0.5) is 0 Å². The topological polar surface area (TPSA) is 77.4 Å². The SMILES string of the molecule is C[SiH](CCCOCCO)O[Si](C)(C)O[Si](C)(C)CCCOCCO. The fraction of sp³-hybridized carbons (Fsp3) is 1.00. The van der Waals surface area contributed by atoms with Crippen LogP contribution in [0, 0.1) is 0 Å². The van der Waals surface area contributed by atoms with Gasteiger partial charge in [-0.2, -0.15) is 0 Å². The molecule has 0 fully saturated rings. The van der Waals surface area contributed by atoms with Crippen molar-refractivity contribution in [1.82, 2.24) is 0 Å². The minimum absolute atomic E-state index is 0.0820. The number of aliphatic hydroxyl groups excluding tert-OH is 2. The average molecular weight is 399 g/mol. The summed E-state index contributed by atoms with van der Waals surface area (Å²) in [6.45, 7) is 13.4. The van der Waals surface area contributed by atoms with Gasteiger partial charge in [-0.1, -0.05) is 0 Å². The Morgan fingerprint density at radius 1 is 0.833 bits per heavy atom. The number of rotatable bonds is 16. The van der Waals surface area contributed by atoms with Crippen molar-refractivity contribution in [3.63, 3.8) is 0 Å². The third kappa shape index (κ3) is 14.7. The van der Waals surface area contributed by atoms with E-state index in [2.05, 4.69) is 32.7 Å². The Morgan fingerprint density at radius 3 is 1.92 bits per heavy atom. The quantitative estimate of drug-likeness (QED) is 0.306. The summed E-state index contributed by atoms with van der Waals surface area (Å²) in [4.78, 5) is 0. The van der Waals surface area contributed by atoms with Gasteiger partial charge in [0.1, 0.15) is 0 Å². The number of ether oxygens (including phenoxy) is 2. The van der Waals surface area contributed by atoms with Crippen molar-refractivity contribution in [1.29, 1.82) is 0 Å². The van der Waals surface area contributed by atoms with Gasteiger partial charge in [0.2, 0.25) is 0 Å². The molecule has 24 heavy (non-hydrogen) atoms. The molecule has 0 aromatic carbocycles. The molecular formula is C15H38O6Si3. The first kappa shape index (κ1) is 24.4. The first-order valence-corrected chi connectivity index (χ1v) is 17.3. The van der Waals surface area contributed by atoms with E-state index in [1.807, 2.05) is 0 Å². The summed E-state index contributed by atoms with van der Waals surface area (Å²) < 4.78 is 23.4. The smallest absolute Gasteiger partial charge is 0.310 e. The molecule has 0 saturated carbocycles. The third-order valence-electron chi connectivity index (χ3n) is 3.45. The first-order valence-electron chi connectivity index (χ1n) is 8.97. The van der Waals surface area contributed by atoms with Crippen molar-refractivity contribution in [3.8, 4) is 0 Å². The largest absolute Gasteiger partial charge is 0.439 e. The summed E-state index contributed by atoms with van der Waals surface area (Å²) in [5.74, 6) is 0. The van der Waals surface area contributed by atoms with E-state index in [4.69, 9.17) is 27.9 Å². The fourth-order valence-corrected chi connectivity index (χ4v) is 15.1. The molecule has 0 aromatic heterocycles. The van der Waals surface area contributed by atoms with E-state index in [0.29, 0.717) is 26.4 Å². The van der Waals surface area contributed by atoms with Gasteiger partial charge in [-0.15, -0.1) is 0 Å². The van der Waals surface area contributed by atoms with Crippen LogP contribution in [-0.2, 0) is 17.7 Å². The highest BCUT2D eigenvalue weighted by atomic mass is 28.5. The highest BCUT2D eigenvalue weighted by Crippen LogP contribution is 2.22. The fourth-order valence-electron chi connectivity index (χ4n) is 2.69. The van der Waals surface area contributed by atoms with Crippen molar-refractivity contribution >= 4 is 25.9 Å². The molecule has 0 bridgehead atoms. The Hall–Kier alpha value is 0.411. The van der Waals surface area contributed by atoms with E-state index >= 15 is 0 Å². The van der Waals surface area contributed by atoms with Gasteiger partial charge in [0.15, 0.2) is 17.4 Å². The monoisotopic (exact) mass is 398 g/mol. The summed E-state index contributed by atoms with van der Waals surface area (Å²) in [7, 11) is -5.09. The molecule has 2 N–H and O–H groups in total. The molecule has 1 unspecified atom stereocenters. The third-order valence-corrected chi connectivity index (χ3v) is 14.3. The molecule has 0 rings (SSSR count). The van der Waals surface area contributed by atoms with Crippen molar-refractivity contribution < 1.29 is 27.9 Å². The van der Waals surface area contributed by atoms with Crippen molar-refractivity contribution in [2.24, 2.45) is 0 Å². The average Bonchev–Trinajstić information content (AvgIpc) is 2.45. The Kier molecular flexibility index (Phi) is 13.8. The maximum Gasteiger partial charge on any atom is 0.310 e. The zero-order chi connectivity index (χ0) is 18.5. The zero-order valence-electron chi connectivity index (χ0n) is 16.2. The van der Waals surface area contributed by atoms with Gasteiger partial charge in [0.25, 0.3) is 0 Å². The Morgan fingerprint density at radius 2 is 1.38 bits per heavy atom. The molecular weight excluding hydrogens is 360 g/mol. The first-order chi connectivity index (χ1) is 11.2. The maximum absolute atomic E-state index is 8.70. The predicted octanol–water partition coefficient (Wildman–Crippen LogP) is 2.08. The van der Waals surface area contributed by atoms with E-state index in [1.165, 1.54) is 0 Å². The van der Waals surface area contributed by atoms with E-state index in [9.17, 15) is 0 Å². The van der Waals surface area contributed by atoms with Gasteiger partial charge < -0.3 is 27.9 Å². The molecule has 0 saturated heterocycles. The van der Waals surface area contributed by atoms with Gasteiger partial charge >= 0.3 is 8.56 Å². The highest BCUT2D eigenvalue weighted by molar-refractivity contribution is 6.84. The molecule has 1 atom stereocenters. The lowest BCUT2D eigenvalue weighted by molar-refractivity contribution is 0.0923. The molecule has 0 amide bonds. The molecule has 0 aliphatic heterocycles. The van der Waals surface area contributed by atoms with Gasteiger partial charge in [0, 0.05) is 13.2 Å². The van der Waals surface area contributed by atoms with Crippen LogP contribution >= 0.6 is 0 Å². The lowest BCUT2D eigenvalue weighted by Crippen LogP contribution is -2.48. The van der Waals surface area contributed by atoms with Crippen LogP contribution in [0.1, 0.15) is 12.8 Å². The molecule has 9 heteroatoms. The zero-order valence-corrected chi connectivity index (χ0v) is 19.3. The molecule has 0 aliphatic rings. The summed E-state index contributed by atoms with van der Waals surface area (Å²) in [5.41, 5.74) is 0. The Labute approximate surface area is 151 Å². The second-order valence-corrected chi connectivity index (χ2v) is 17.9. The number of hydrogen-bond acceptors (Lipinski definition) is 6. The van der Waals surface area contributed by atoms with Crippen LogP contribution < -0.4 is 0 Å². The predicted molar refractivity (Wildman–Crippen MR) is 105 cm³/mol. The lowest BCUT2D eigenvalue weighted by atomic mass is 10.5. The molecule has 0 aromatic rings. The Bertz CT molecular complexity index is 305. The minimum atomic E-state index is -2.09. The molecule has 0 radical (unpaired) electrons. The van der Waals surface area contributed by atoms with E-state index < -0.39 is 25.9 Å². The van der Waals surface area contributed by atoms with E-state index in [1.54, 1.807) is 0 Å². The van der Waals surface area contributed by atoms with Gasteiger partial charge in [-0.25, -0.2) is 0 Å². The number of aliphatic hydroxyl groups is 2. The lowest BCUT2D eigenvalue weighted by Gasteiger charge is -2.35. The molecule has 6 nitrogen and oxygen atoms in total. The maximum atomic E-state index is 8.70. The van der Waals surface area contributed by atoms with Gasteiger partial charge in [0.05, 0.1) is 26.4 Å². The highest BCUT2D eigenvalue weighted by Gasteiger charge is 2.35. The minimum Gasteiger partial charge on any atom is -0.439 e. The van der Waals surface area contributed by atoms with Crippen LogP contribution in [0.5, 0.6) is 0 Å². The standard InChI is InChI=1S/C15H38O6Si3/c1-22(14-6-10-18-12-8-16)20-24(4,5)21-23(2,3)15-7-11-19-13-9-17/h16-17,22H,6-15H2,1-5H3. The van der Waals surface area contributed by atoms with Crippen LogP contribution in [0.2, 0.25) is 44.8 Å². The summed E-state index contributed by atoms with van der Waals surface area (Å²) >= 11 is 0. The second kappa shape index (κ2) is 13.6. The normalized spacial score (nSPS) is 14.1. The van der Waals surface area contributed by atoms with Crippen molar-refractivity contribution in [2.45, 2.75) is 57.7 Å². The molecule has 0 aliphatic carbocycles. The van der Waals surface area contributed by atoms with Crippen molar-refractivity contribution in [2.75, 3.05) is 39.6 Å². The van der Waals surface area contributed by atoms with Crippen LogP contribution in [0.3, 0.4) is 0 Å². The molecule has 0 heterocycles. The van der Waals surface area contributed by atoms with Crippen LogP contribution in [0.15, 0.2) is 0 Å². The summed E-state index contributed by atoms with van der Waals surface area (Å²) in [6, 6.07) is 2.12. The summed E-state index contributed by atoms with van der Waals surface area (Å²) in [5, 5.41) is 17.4. The van der Waals surface area contributed by atoms with Crippen LogP contribution in [-0.4, -0.2) is 75.8 Å². The van der Waals surface area contributed by atoms with Crippen LogP contribution in [0.25, 0.3) is 0 Å². The summed E-state index contributed by atoms with van der Waals surface area (Å²) in [6.07, 6.45) is 1.96. The molecule has 146 valence electrons.